The zero-order valence-corrected chi connectivity index (χ0v) is 10.1. The van der Waals surface area contributed by atoms with Crippen molar-refractivity contribution in [3.63, 3.8) is 0 Å². The lowest BCUT2D eigenvalue weighted by Crippen LogP contribution is -2.26. The van der Waals surface area contributed by atoms with E-state index < -0.39 is 18.6 Å². The Hall–Kier alpha value is -1.59. The van der Waals surface area contributed by atoms with E-state index in [1.54, 1.807) is 31.2 Å². The Kier molecular flexibility index (Phi) is 6.23. The maximum absolute atomic E-state index is 11.5. The van der Waals surface area contributed by atoms with E-state index in [9.17, 15) is 9.59 Å². The summed E-state index contributed by atoms with van der Waals surface area (Å²) < 4.78 is 4.92. The SMILES string of the molecule is C[C@H](N)C(=O)c1ccc(OCC(=O)O)cc1.Cl. The quantitative estimate of drug-likeness (QED) is 0.773. The molecule has 0 aromatic heterocycles. The van der Waals surface area contributed by atoms with Gasteiger partial charge in [0, 0.05) is 5.56 Å². The molecule has 94 valence electrons. The van der Waals surface area contributed by atoms with Gasteiger partial charge in [0.25, 0.3) is 0 Å². The normalized spacial score (nSPS) is 11.2. The Bertz CT molecular complexity index is 389. The second-order valence-corrected chi connectivity index (χ2v) is 3.36. The van der Waals surface area contributed by atoms with Crippen LogP contribution in [0, 0.1) is 0 Å². The molecule has 0 spiro atoms. The van der Waals surface area contributed by atoms with E-state index in [2.05, 4.69) is 0 Å². The van der Waals surface area contributed by atoms with Gasteiger partial charge in [-0.3, -0.25) is 4.79 Å². The molecule has 0 saturated heterocycles. The van der Waals surface area contributed by atoms with Crippen molar-refractivity contribution in [1.82, 2.24) is 0 Å². The predicted octanol–water partition coefficient (Wildman–Crippen LogP) is 1.10. The lowest BCUT2D eigenvalue weighted by molar-refractivity contribution is -0.139. The minimum Gasteiger partial charge on any atom is -0.482 e. The van der Waals surface area contributed by atoms with Crippen LogP contribution in [0.5, 0.6) is 5.75 Å². The molecule has 0 aliphatic heterocycles. The first kappa shape index (κ1) is 15.4. The van der Waals surface area contributed by atoms with Gasteiger partial charge in [-0.1, -0.05) is 0 Å². The average Bonchev–Trinajstić information content (AvgIpc) is 2.26. The molecule has 1 rings (SSSR count). The third-order valence-corrected chi connectivity index (χ3v) is 1.91. The van der Waals surface area contributed by atoms with Crippen LogP contribution >= 0.6 is 12.4 Å². The molecule has 1 atom stereocenters. The monoisotopic (exact) mass is 259 g/mol. The van der Waals surface area contributed by atoms with Crippen LogP contribution in [0.2, 0.25) is 0 Å². The van der Waals surface area contributed by atoms with Crippen LogP contribution in [0.4, 0.5) is 0 Å². The van der Waals surface area contributed by atoms with Crippen molar-refractivity contribution in [2.75, 3.05) is 6.61 Å². The Morgan fingerprint density at radius 1 is 1.35 bits per heavy atom. The van der Waals surface area contributed by atoms with Gasteiger partial charge in [0.1, 0.15) is 5.75 Å². The molecule has 0 bridgehead atoms. The third-order valence-electron chi connectivity index (χ3n) is 1.91. The number of halogens is 1. The van der Waals surface area contributed by atoms with Gasteiger partial charge in [0.15, 0.2) is 12.4 Å². The lowest BCUT2D eigenvalue weighted by Gasteiger charge is -2.06. The minimum absolute atomic E-state index is 0. The molecule has 0 aliphatic rings. The highest BCUT2D eigenvalue weighted by Gasteiger charge is 2.10. The number of ether oxygens (including phenoxy) is 1. The van der Waals surface area contributed by atoms with Gasteiger partial charge >= 0.3 is 5.97 Å². The molecule has 0 heterocycles. The fourth-order valence-electron chi connectivity index (χ4n) is 1.12. The highest BCUT2D eigenvalue weighted by Crippen LogP contribution is 2.13. The van der Waals surface area contributed by atoms with E-state index in [0.29, 0.717) is 11.3 Å². The highest BCUT2D eigenvalue weighted by molar-refractivity contribution is 5.99. The molecule has 5 nitrogen and oxygen atoms in total. The molecule has 1 aromatic rings. The van der Waals surface area contributed by atoms with Crippen LogP contribution in [-0.4, -0.2) is 29.5 Å². The van der Waals surface area contributed by atoms with Crippen LogP contribution in [-0.2, 0) is 4.79 Å². The van der Waals surface area contributed by atoms with Crippen LogP contribution in [0.25, 0.3) is 0 Å². The molecule has 0 saturated carbocycles. The van der Waals surface area contributed by atoms with E-state index >= 15 is 0 Å². The molecule has 0 fully saturated rings. The van der Waals surface area contributed by atoms with Crippen molar-refractivity contribution in [1.29, 1.82) is 0 Å². The number of ketones is 1. The zero-order valence-electron chi connectivity index (χ0n) is 9.25. The van der Waals surface area contributed by atoms with Crippen molar-refractivity contribution in [2.45, 2.75) is 13.0 Å². The number of carboxylic acids is 1. The van der Waals surface area contributed by atoms with Gasteiger partial charge in [-0.25, -0.2) is 4.79 Å². The van der Waals surface area contributed by atoms with Gasteiger partial charge < -0.3 is 15.6 Å². The largest absolute Gasteiger partial charge is 0.482 e. The molecule has 17 heavy (non-hydrogen) atoms. The Labute approximate surface area is 105 Å². The average molecular weight is 260 g/mol. The summed E-state index contributed by atoms with van der Waals surface area (Å²) >= 11 is 0. The molecule has 0 amide bonds. The summed E-state index contributed by atoms with van der Waals surface area (Å²) in [5.41, 5.74) is 5.93. The molecule has 3 N–H and O–H groups in total. The summed E-state index contributed by atoms with van der Waals surface area (Å²) in [6, 6.07) is 5.65. The second-order valence-electron chi connectivity index (χ2n) is 3.36. The third kappa shape index (κ3) is 4.84. The smallest absolute Gasteiger partial charge is 0.341 e. The number of hydrogen-bond acceptors (Lipinski definition) is 4. The highest BCUT2D eigenvalue weighted by atomic mass is 35.5. The van der Waals surface area contributed by atoms with Crippen LogP contribution in [0.15, 0.2) is 24.3 Å². The number of hydrogen-bond donors (Lipinski definition) is 2. The zero-order chi connectivity index (χ0) is 12.1. The summed E-state index contributed by atoms with van der Waals surface area (Å²) in [7, 11) is 0. The number of carbonyl (C=O) groups excluding carboxylic acids is 1. The Balaban J connectivity index is 0.00000256. The first-order chi connectivity index (χ1) is 7.50. The maximum Gasteiger partial charge on any atom is 0.341 e. The first-order valence-corrected chi connectivity index (χ1v) is 4.75. The number of carboxylic acid groups (broad SMARTS) is 1. The Morgan fingerprint density at radius 2 is 1.88 bits per heavy atom. The van der Waals surface area contributed by atoms with Crippen molar-refractivity contribution < 1.29 is 19.4 Å². The molecule has 0 radical (unpaired) electrons. The number of nitrogens with two attached hydrogens (primary N) is 1. The number of carbonyl (C=O) groups is 2. The van der Waals surface area contributed by atoms with Crippen molar-refractivity contribution in [2.24, 2.45) is 5.73 Å². The van der Waals surface area contributed by atoms with Crippen molar-refractivity contribution >= 4 is 24.2 Å². The van der Waals surface area contributed by atoms with Crippen molar-refractivity contribution in [3.05, 3.63) is 29.8 Å². The molecule has 0 aliphatic carbocycles. The van der Waals surface area contributed by atoms with E-state index in [0.717, 1.165) is 0 Å². The van der Waals surface area contributed by atoms with Gasteiger partial charge in [-0.05, 0) is 31.2 Å². The van der Waals surface area contributed by atoms with Crippen LogP contribution in [0.1, 0.15) is 17.3 Å². The first-order valence-electron chi connectivity index (χ1n) is 4.75. The molecular formula is C11H14ClNO4. The lowest BCUT2D eigenvalue weighted by atomic mass is 10.1. The van der Waals surface area contributed by atoms with Gasteiger partial charge in [0.05, 0.1) is 6.04 Å². The van der Waals surface area contributed by atoms with E-state index in [4.69, 9.17) is 15.6 Å². The number of Topliss-reactive ketones (excluding diaryl/α,β-unsaturated/α-hetero) is 1. The molecule has 6 heteroatoms. The summed E-state index contributed by atoms with van der Waals surface area (Å²) in [6.07, 6.45) is 0. The minimum atomic E-state index is -1.05. The Morgan fingerprint density at radius 3 is 2.29 bits per heavy atom. The molecular weight excluding hydrogens is 246 g/mol. The number of rotatable bonds is 5. The fourth-order valence-corrected chi connectivity index (χ4v) is 1.12. The fraction of sp³-hybridized carbons (Fsp3) is 0.273. The topological polar surface area (TPSA) is 89.6 Å². The van der Waals surface area contributed by atoms with E-state index in [1.807, 2.05) is 0 Å². The van der Waals surface area contributed by atoms with Crippen LogP contribution < -0.4 is 10.5 Å². The molecule has 0 unspecified atom stereocenters. The van der Waals surface area contributed by atoms with Gasteiger partial charge in [-0.2, -0.15) is 0 Å². The maximum atomic E-state index is 11.5. The van der Waals surface area contributed by atoms with Crippen molar-refractivity contribution in [3.8, 4) is 5.75 Å². The van der Waals surface area contributed by atoms with Crippen LogP contribution in [0.3, 0.4) is 0 Å². The summed E-state index contributed by atoms with van der Waals surface area (Å²) in [6.45, 7) is 1.21. The van der Waals surface area contributed by atoms with E-state index in [1.165, 1.54) is 0 Å². The van der Waals surface area contributed by atoms with E-state index in [-0.39, 0.29) is 18.2 Å². The summed E-state index contributed by atoms with van der Waals surface area (Å²) in [4.78, 5) is 21.7. The number of aliphatic carboxylic acids is 1. The second kappa shape index (κ2) is 6.88. The summed E-state index contributed by atoms with van der Waals surface area (Å²) in [5, 5.41) is 8.39. The van der Waals surface area contributed by atoms with Gasteiger partial charge in [0.2, 0.25) is 0 Å². The number of benzene rings is 1. The van der Waals surface area contributed by atoms with Gasteiger partial charge in [-0.15, -0.1) is 12.4 Å². The summed E-state index contributed by atoms with van der Waals surface area (Å²) in [5.74, 6) is -0.802. The standard InChI is InChI=1S/C11H13NO4.ClH/c1-7(12)11(15)8-2-4-9(5-3-8)16-6-10(13)14;/h2-5,7H,6,12H2,1H3,(H,13,14);1H/t7-;/m0./s1. The molecule has 1 aromatic carbocycles. The predicted molar refractivity (Wildman–Crippen MR) is 64.8 cm³/mol.